The molecule has 0 saturated carbocycles. The van der Waals surface area contributed by atoms with Crippen LogP contribution >= 0.6 is 0 Å². The molecule has 0 aliphatic carbocycles. The van der Waals surface area contributed by atoms with Gasteiger partial charge in [0, 0.05) is 11.6 Å². The maximum absolute atomic E-state index is 12.5. The van der Waals surface area contributed by atoms with Crippen LogP contribution < -0.4 is 19.5 Å². The van der Waals surface area contributed by atoms with Gasteiger partial charge in [-0.25, -0.2) is 0 Å². The minimum atomic E-state index is -0.916. The van der Waals surface area contributed by atoms with Gasteiger partial charge in [-0.2, -0.15) is 0 Å². The van der Waals surface area contributed by atoms with Crippen LogP contribution in [0.25, 0.3) is 0 Å². The summed E-state index contributed by atoms with van der Waals surface area (Å²) in [6, 6.07) is 8.48. The lowest BCUT2D eigenvalue weighted by Crippen LogP contribution is -2.30. The first-order chi connectivity index (χ1) is 13.4. The number of methoxy groups -OCH3 is 1. The Morgan fingerprint density at radius 1 is 1.21 bits per heavy atom. The van der Waals surface area contributed by atoms with Crippen LogP contribution in [0.4, 0.5) is 11.4 Å². The Hall–Kier alpha value is -3.62. The Bertz CT molecular complexity index is 883. The molecule has 9 nitrogen and oxygen atoms in total. The summed E-state index contributed by atoms with van der Waals surface area (Å²) in [6.45, 7) is 3.68. The van der Waals surface area contributed by atoms with Gasteiger partial charge in [0.2, 0.25) is 0 Å². The molecule has 1 N–H and O–H groups in total. The van der Waals surface area contributed by atoms with Gasteiger partial charge in [-0.3, -0.25) is 19.7 Å². The van der Waals surface area contributed by atoms with Crippen molar-refractivity contribution >= 4 is 23.6 Å². The zero-order valence-electron chi connectivity index (χ0n) is 15.6. The zero-order chi connectivity index (χ0) is 20.7. The van der Waals surface area contributed by atoms with Crippen LogP contribution in [0.3, 0.4) is 0 Å². The van der Waals surface area contributed by atoms with Crippen molar-refractivity contribution in [3.05, 3.63) is 52.1 Å². The number of anilines is 1. The monoisotopic (exact) mass is 388 g/mol. The van der Waals surface area contributed by atoms with Gasteiger partial charge in [0.1, 0.15) is 12.0 Å². The van der Waals surface area contributed by atoms with E-state index in [9.17, 15) is 19.7 Å². The fourth-order valence-electron chi connectivity index (χ4n) is 2.34. The molecule has 148 valence electrons. The Labute approximate surface area is 161 Å². The maximum atomic E-state index is 12.5. The third-order valence-corrected chi connectivity index (χ3v) is 3.73. The summed E-state index contributed by atoms with van der Waals surface area (Å²) in [4.78, 5) is 33.7. The van der Waals surface area contributed by atoms with Crippen LogP contribution in [0.2, 0.25) is 0 Å². The molecule has 1 atom stereocenters. The van der Waals surface area contributed by atoms with Crippen molar-refractivity contribution in [3.63, 3.8) is 0 Å². The topological polar surface area (TPSA) is 117 Å². The largest absolute Gasteiger partial charge is 0.494 e. The molecule has 2 aromatic rings. The predicted molar refractivity (Wildman–Crippen MR) is 101 cm³/mol. The number of nitro benzene ring substituents is 1. The predicted octanol–water partition coefficient (Wildman–Crippen LogP) is 3.22. The summed E-state index contributed by atoms with van der Waals surface area (Å²) in [5, 5.41) is 13.5. The number of carbonyl (C=O) groups is 2. The summed E-state index contributed by atoms with van der Waals surface area (Å²) in [6.07, 6.45) is -0.232. The molecule has 9 heteroatoms. The van der Waals surface area contributed by atoms with E-state index in [1.165, 1.54) is 38.3 Å². The molecule has 0 unspecified atom stereocenters. The van der Waals surface area contributed by atoms with Gasteiger partial charge < -0.3 is 19.5 Å². The number of hydrogen-bond donors (Lipinski definition) is 1. The van der Waals surface area contributed by atoms with Crippen LogP contribution in [0, 0.1) is 10.1 Å². The summed E-state index contributed by atoms with van der Waals surface area (Å²) < 4.78 is 16.2. The highest BCUT2D eigenvalue weighted by atomic mass is 16.6. The molecule has 0 radical (unpaired) electrons. The van der Waals surface area contributed by atoms with Crippen molar-refractivity contribution in [1.29, 1.82) is 0 Å². The summed E-state index contributed by atoms with van der Waals surface area (Å²) in [7, 11) is 1.34. The van der Waals surface area contributed by atoms with Crippen LogP contribution in [0.15, 0.2) is 36.4 Å². The van der Waals surface area contributed by atoms with Crippen LogP contribution in [-0.2, 0) is 4.79 Å². The van der Waals surface area contributed by atoms with E-state index in [4.69, 9.17) is 14.2 Å². The van der Waals surface area contributed by atoms with Crippen molar-refractivity contribution in [1.82, 2.24) is 0 Å². The minimum Gasteiger partial charge on any atom is -0.494 e. The molecule has 0 bridgehead atoms. The van der Waals surface area contributed by atoms with E-state index >= 15 is 0 Å². The molecule has 0 saturated heterocycles. The number of nitrogens with one attached hydrogen (secondary N) is 1. The highest BCUT2D eigenvalue weighted by Gasteiger charge is 2.20. The first kappa shape index (κ1) is 20.7. The van der Waals surface area contributed by atoms with Crippen molar-refractivity contribution in [2.24, 2.45) is 0 Å². The quantitative estimate of drug-likeness (QED) is 0.398. The van der Waals surface area contributed by atoms with Crippen molar-refractivity contribution in [2.45, 2.75) is 20.0 Å². The number of nitro groups is 1. The van der Waals surface area contributed by atoms with Crippen molar-refractivity contribution < 1.29 is 28.7 Å². The molecule has 0 aliphatic heterocycles. The molecule has 0 spiro atoms. The number of amides is 1. The molecule has 2 rings (SSSR count). The molecule has 0 heterocycles. The van der Waals surface area contributed by atoms with Crippen molar-refractivity contribution in [2.75, 3.05) is 19.0 Å². The van der Waals surface area contributed by atoms with E-state index in [2.05, 4.69) is 5.32 Å². The maximum Gasteiger partial charge on any atom is 0.273 e. The number of non-ortho nitro benzene ring substituents is 1. The number of benzene rings is 2. The average molecular weight is 388 g/mol. The number of hydrogen-bond acceptors (Lipinski definition) is 7. The highest BCUT2D eigenvalue weighted by Crippen LogP contribution is 2.31. The van der Waals surface area contributed by atoms with Crippen LogP contribution in [0.1, 0.15) is 24.2 Å². The van der Waals surface area contributed by atoms with Gasteiger partial charge in [-0.1, -0.05) is 0 Å². The summed E-state index contributed by atoms with van der Waals surface area (Å²) >= 11 is 0. The van der Waals surface area contributed by atoms with E-state index in [1.54, 1.807) is 19.1 Å². The van der Waals surface area contributed by atoms with Crippen LogP contribution in [-0.4, -0.2) is 36.9 Å². The second-order valence-electron chi connectivity index (χ2n) is 5.65. The van der Waals surface area contributed by atoms with E-state index in [-0.39, 0.29) is 17.1 Å². The Kier molecular flexibility index (Phi) is 6.91. The lowest BCUT2D eigenvalue weighted by atomic mass is 10.2. The van der Waals surface area contributed by atoms with Gasteiger partial charge in [-0.15, -0.1) is 0 Å². The molecule has 2 aromatic carbocycles. The van der Waals surface area contributed by atoms with Gasteiger partial charge in [0.05, 0.1) is 30.4 Å². The summed E-state index contributed by atoms with van der Waals surface area (Å²) in [5.41, 5.74) is 0.536. The first-order valence-electron chi connectivity index (χ1n) is 8.41. The van der Waals surface area contributed by atoms with E-state index in [1.807, 2.05) is 0 Å². The number of nitrogens with zero attached hydrogens (tertiary/aromatic N) is 1. The molecule has 28 heavy (non-hydrogen) atoms. The van der Waals surface area contributed by atoms with E-state index < -0.39 is 16.9 Å². The fourth-order valence-corrected chi connectivity index (χ4v) is 2.34. The Balaban J connectivity index is 2.15. The lowest BCUT2D eigenvalue weighted by Gasteiger charge is -2.18. The molecular formula is C19H20N2O7. The SMILES string of the molecule is CCOc1cc(C=O)ccc1O[C@H](C)C(=O)Nc1ccc([N+](=O)[O-])cc1OC. The van der Waals surface area contributed by atoms with Crippen LogP contribution in [0.5, 0.6) is 17.2 Å². The summed E-state index contributed by atoms with van der Waals surface area (Å²) in [5.74, 6) is 0.319. The zero-order valence-corrected chi connectivity index (χ0v) is 15.6. The number of carbonyl (C=O) groups excluding carboxylic acids is 2. The molecule has 0 aromatic heterocycles. The molecule has 0 fully saturated rings. The van der Waals surface area contributed by atoms with Gasteiger partial charge >= 0.3 is 0 Å². The molecule has 0 aliphatic rings. The number of ether oxygens (including phenoxy) is 3. The number of aldehydes is 1. The second-order valence-corrected chi connectivity index (χ2v) is 5.65. The molecular weight excluding hydrogens is 368 g/mol. The fraction of sp³-hybridized carbons (Fsp3) is 0.263. The van der Waals surface area contributed by atoms with Gasteiger partial charge in [0.25, 0.3) is 11.6 Å². The van der Waals surface area contributed by atoms with Crippen molar-refractivity contribution in [3.8, 4) is 17.2 Å². The standard InChI is InChI=1S/C19H20N2O7/c1-4-27-18-9-13(11-22)5-8-16(18)28-12(2)19(23)20-15-7-6-14(21(24)25)10-17(15)26-3/h5-12H,4H2,1-3H3,(H,20,23)/t12-/m1/s1. The number of rotatable bonds is 9. The van der Waals surface area contributed by atoms with Gasteiger partial charge in [-0.05, 0) is 38.1 Å². The smallest absolute Gasteiger partial charge is 0.273 e. The third kappa shape index (κ3) is 4.97. The van der Waals surface area contributed by atoms with E-state index in [0.717, 1.165) is 0 Å². The third-order valence-electron chi connectivity index (χ3n) is 3.73. The first-order valence-corrected chi connectivity index (χ1v) is 8.41. The second kappa shape index (κ2) is 9.36. The Morgan fingerprint density at radius 2 is 1.96 bits per heavy atom. The lowest BCUT2D eigenvalue weighted by molar-refractivity contribution is -0.384. The average Bonchev–Trinajstić information content (AvgIpc) is 2.69. The Morgan fingerprint density at radius 3 is 2.57 bits per heavy atom. The highest BCUT2D eigenvalue weighted by molar-refractivity contribution is 5.95. The van der Waals surface area contributed by atoms with E-state index in [0.29, 0.717) is 30.0 Å². The normalized spacial score (nSPS) is 11.2. The minimum absolute atomic E-state index is 0.153. The van der Waals surface area contributed by atoms with Gasteiger partial charge in [0.15, 0.2) is 17.6 Å². The molecule has 1 amide bonds.